The third kappa shape index (κ3) is 2.47. The molecule has 16 heavy (non-hydrogen) atoms. The van der Waals surface area contributed by atoms with Gasteiger partial charge in [0.05, 0.1) is 0 Å². The normalized spacial score (nSPS) is 20.6. The lowest BCUT2D eigenvalue weighted by atomic mass is 10.1. The Morgan fingerprint density at radius 1 is 1.31 bits per heavy atom. The van der Waals surface area contributed by atoms with Crippen LogP contribution in [0.3, 0.4) is 0 Å². The van der Waals surface area contributed by atoms with Gasteiger partial charge < -0.3 is 10.0 Å². The number of amides is 1. The first-order valence-corrected chi connectivity index (χ1v) is 6.56. The van der Waals surface area contributed by atoms with Crippen LogP contribution in [0.2, 0.25) is 0 Å². The van der Waals surface area contributed by atoms with Gasteiger partial charge in [-0.2, -0.15) is 0 Å². The third-order valence-electron chi connectivity index (χ3n) is 2.62. The molecule has 0 aromatic heterocycles. The fraction of sp³-hybridized carbons (Fsp3) is 0.364. The van der Waals surface area contributed by atoms with E-state index < -0.39 is 0 Å². The molecule has 2 rings (SSSR count). The average Bonchev–Trinajstić information content (AvgIpc) is 2.58. The summed E-state index contributed by atoms with van der Waals surface area (Å²) in [7, 11) is 0. The van der Waals surface area contributed by atoms with Gasteiger partial charge >= 0.3 is 0 Å². The van der Waals surface area contributed by atoms with Crippen LogP contribution in [-0.4, -0.2) is 24.2 Å². The predicted octanol–water partition coefficient (Wildman–Crippen LogP) is 2.56. The van der Waals surface area contributed by atoms with Crippen LogP contribution in [0.5, 0.6) is 0 Å². The summed E-state index contributed by atoms with van der Waals surface area (Å²) in [5, 5.41) is 9.06. The standard InChI is InChI=1S/C11H11Br2NO2/c12-8-2-9(13)4-10(3-8)14-5-7(6-15)1-11(14)16/h2-4,7,15H,1,5-6H2. The van der Waals surface area contributed by atoms with Gasteiger partial charge in [0, 0.05) is 40.1 Å². The number of halogens is 2. The monoisotopic (exact) mass is 347 g/mol. The van der Waals surface area contributed by atoms with E-state index in [2.05, 4.69) is 31.9 Å². The molecule has 1 aliphatic rings. The zero-order chi connectivity index (χ0) is 11.7. The predicted molar refractivity (Wildman–Crippen MR) is 69.4 cm³/mol. The van der Waals surface area contributed by atoms with E-state index in [0.29, 0.717) is 13.0 Å². The molecule has 1 heterocycles. The quantitative estimate of drug-likeness (QED) is 0.892. The van der Waals surface area contributed by atoms with E-state index in [-0.39, 0.29) is 18.4 Å². The Balaban J connectivity index is 2.27. The van der Waals surface area contributed by atoms with Gasteiger partial charge in [-0.3, -0.25) is 4.79 Å². The highest BCUT2D eigenvalue weighted by Crippen LogP contribution is 2.30. The fourth-order valence-corrected chi connectivity index (χ4v) is 3.12. The molecular weight excluding hydrogens is 338 g/mol. The first-order chi connectivity index (χ1) is 7.60. The van der Waals surface area contributed by atoms with Gasteiger partial charge in [0.25, 0.3) is 0 Å². The molecule has 1 aromatic carbocycles. The number of aliphatic hydroxyl groups excluding tert-OH is 1. The number of hydrogen-bond acceptors (Lipinski definition) is 2. The van der Waals surface area contributed by atoms with Crippen LogP contribution >= 0.6 is 31.9 Å². The zero-order valence-electron chi connectivity index (χ0n) is 8.49. The largest absolute Gasteiger partial charge is 0.396 e. The van der Waals surface area contributed by atoms with Crippen molar-refractivity contribution in [3.8, 4) is 0 Å². The Hall–Kier alpha value is -0.390. The molecular formula is C11H11Br2NO2. The van der Waals surface area contributed by atoms with Crippen LogP contribution in [0.25, 0.3) is 0 Å². The molecule has 0 spiro atoms. The van der Waals surface area contributed by atoms with Crippen molar-refractivity contribution < 1.29 is 9.90 Å². The molecule has 3 nitrogen and oxygen atoms in total. The highest BCUT2D eigenvalue weighted by atomic mass is 79.9. The zero-order valence-corrected chi connectivity index (χ0v) is 11.7. The summed E-state index contributed by atoms with van der Waals surface area (Å²) in [5.41, 5.74) is 0.863. The van der Waals surface area contributed by atoms with Crippen molar-refractivity contribution >= 4 is 43.5 Å². The summed E-state index contributed by atoms with van der Waals surface area (Å²) in [4.78, 5) is 13.5. The molecule has 0 aliphatic carbocycles. The highest BCUT2D eigenvalue weighted by Gasteiger charge is 2.30. The number of nitrogens with zero attached hydrogens (tertiary/aromatic N) is 1. The first kappa shape index (κ1) is 12.1. The van der Waals surface area contributed by atoms with Crippen molar-refractivity contribution in [2.45, 2.75) is 6.42 Å². The summed E-state index contributed by atoms with van der Waals surface area (Å²) in [5.74, 6) is 0.134. The average molecular weight is 349 g/mol. The molecule has 1 amide bonds. The summed E-state index contributed by atoms with van der Waals surface area (Å²) < 4.78 is 1.86. The van der Waals surface area contributed by atoms with E-state index >= 15 is 0 Å². The molecule has 1 unspecified atom stereocenters. The van der Waals surface area contributed by atoms with E-state index in [0.717, 1.165) is 14.6 Å². The number of benzene rings is 1. The Morgan fingerprint density at radius 2 is 1.94 bits per heavy atom. The number of rotatable bonds is 2. The van der Waals surface area contributed by atoms with Crippen molar-refractivity contribution in [2.24, 2.45) is 5.92 Å². The van der Waals surface area contributed by atoms with E-state index in [1.165, 1.54) is 0 Å². The number of carbonyl (C=O) groups excluding carboxylic acids is 1. The van der Waals surface area contributed by atoms with Gasteiger partial charge in [-0.25, -0.2) is 0 Å². The van der Waals surface area contributed by atoms with Gasteiger partial charge in [-0.15, -0.1) is 0 Å². The number of hydrogen-bond donors (Lipinski definition) is 1. The van der Waals surface area contributed by atoms with E-state index in [1.54, 1.807) is 4.90 Å². The molecule has 0 bridgehead atoms. The Morgan fingerprint density at radius 3 is 2.44 bits per heavy atom. The van der Waals surface area contributed by atoms with E-state index in [9.17, 15) is 4.79 Å². The third-order valence-corrected chi connectivity index (χ3v) is 3.54. The van der Waals surface area contributed by atoms with Crippen molar-refractivity contribution in [3.63, 3.8) is 0 Å². The summed E-state index contributed by atoms with van der Waals surface area (Å²) in [6, 6.07) is 5.73. The molecule has 1 aromatic rings. The van der Waals surface area contributed by atoms with Gasteiger partial charge in [0.2, 0.25) is 5.91 Å². The van der Waals surface area contributed by atoms with Crippen LogP contribution in [0.1, 0.15) is 6.42 Å². The van der Waals surface area contributed by atoms with Crippen LogP contribution < -0.4 is 4.90 Å². The fourth-order valence-electron chi connectivity index (χ4n) is 1.85. The van der Waals surface area contributed by atoms with Gasteiger partial charge in [-0.1, -0.05) is 31.9 Å². The lowest BCUT2D eigenvalue weighted by molar-refractivity contribution is -0.117. The number of carbonyl (C=O) groups is 1. The molecule has 1 atom stereocenters. The van der Waals surface area contributed by atoms with Crippen LogP contribution in [0.15, 0.2) is 27.1 Å². The SMILES string of the molecule is O=C1CC(CO)CN1c1cc(Br)cc(Br)c1. The Bertz CT molecular complexity index is 402. The maximum Gasteiger partial charge on any atom is 0.227 e. The van der Waals surface area contributed by atoms with E-state index in [1.807, 2.05) is 18.2 Å². The van der Waals surface area contributed by atoms with Crippen LogP contribution in [0, 0.1) is 5.92 Å². The molecule has 0 radical (unpaired) electrons. The number of aliphatic hydroxyl groups is 1. The summed E-state index contributed by atoms with van der Waals surface area (Å²) >= 11 is 6.79. The number of anilines is 1. The molecule has 1 aliphatic heterocycles. The highest BCUT2D eigenvalue weighted by molar-refractivity contribution is 9.11. The maximum atomic E-state index is 11.8. The lowest BCUT2D eigenvalue weighted by Gasteiger charge is -2.17. The smallest absolute Gasteiger partial charge is 0.227 e. The minimum atomic E-state index is 0.0604. The minimum Gasteiger partial charge on any atom is -0.396 e. The van der Waals surface area contributed by atoms with Crippen molar-refractivity contribution in [1.82, 2.24) is 0 Å². The van der Waals surface area contributed by atoms with Gasteiger partial charge in [0.15, 0.2) is 0 Å². The van der Waals surface area contributed by atoms with Crippen molar-refractivity contribution in [3.05, 3.63) is 27.1 Å². The second-order valence-electron chi connectivity index (χ2n) is 3.88. The summed E-state index contributed by atoms with van der Waals surface area (Å²) in [6.45, 7) is 0.662. The molecule has 86 valence electrons. The van der Waals surface area contributed by atoms with Crippen LogP contribution in [-0.2, 0) is 4.79 Å². The Kier molecular flexibility index (Phi) is 3.66. The molecule has 1 saturated heterocycles. The molecule has 1 N–H and O–H groups in total. The molecule has 5 heteroatoms. The van der Waals surface area contributed by atoms with Crippen molar-refractivity contribution in [2.75, 3.05) is 18.1 Å². The van der Waals surface area contributed by atoms with Crippen LogP contribution in [0.4, 0.5) is 5.69 Å². The Labute approximate surface area is 111 Å². The van der Waals surface area contributed by atoms with Gasteiger partial charge in [-0.05, 0) is 18.2 Å². The summed E-state index contributed by atoms with van der Waals surface area (Å²) in [6.07, 6.45) is 0.431. The first-order valence-electron chi connectivity index (χ1n) is 4.97. The van der Waals surface area contributed by atoms with Crippen molar-refractivity contribution in [1.29, 1.82) is 0 Å². The van der Waals surface area contributed by atoms with Gasteiger partial charge in [0.1, 0.15) is 0 Å². The second kappa shape index (κ2) is 4.85. The second-order valence-corrected chi connectivity index (χ2v) is 5.72. The van der Waals surface area contributed by atoms with E-state index in [4.69, 9.17) is 5.11 Å². The molecule has 1 fully saturated rings. The topological polar surface area (TPSA) is 40.5 Å². The maximum absolute atomic E-state index is 11.8. The lowest BCUT2D eigenvalue weighted by Crippen LogP contribution is -2.24. The minimum absolute atomic E-state index is 0.0604. The molecule has 0 saturated carbocycles.